The van der Waals surface area contributed by atoms with Crippen LogP contribution in [-0.2, 0) is 61.8 Å². The average Bonchev–Trinajstić information content (AvgIpc) is 3.90. The fourth-order valence-corrected chi connectivity index (χ4v) is 6.41. The van der Waals surface area contributed by atoms with Crippen LogP contribution >= 0.6 is 11.6 Å². The summed E-state index contributed by atoms with van der Waals surface area (Å²) >= 11 is 5.91. The van der Waals surface area contributed by atoms with Crippen LogP contribution in [0.25, 0.3) is 0 Å². The van der Waals surface area contributed by atoms with Crippen molar-refractivity contribution in [3.8, 4) is 0 Å². The lowest BCUT2D eigenvalue weighted by molar-refractivity contribution is 0.105. The quantitative estimate of drug-likeness (QED) is 0.257. The first-order valence-corrected chi connectivity index (χ1v) is 16.5. The number of benzene rings is 2. The van der Waals surface area contributed by atoms with Gasteiger partial charge in [-0.25, -0.2) is 24.5 Å². The van der Waals surface area contributed by atoms with Crippen molar-refractivity contribution in [1.29, 1.82) is 0 Å². The van der Waals surface area contributed by atoms with Crippen LogP contribution < -0.4 is 21.7 Å². The van der Waals surface area contributed by atoms with Gasteiger partial charge >= 0.3 is 12.2 Å². The topological polar surface area (TPSA) is 178 Å². The zero-order chi connectivity index (χ0) is 34.5. The van der Waals surface area contributed by atoms with Crippen molar-refractivity contribution >= 4 is 41.5 Å². The van der Waals surface area contributed by atoms with E-state index in [1.54, 1.807) is 18.7 Å². The molecule has 0 aliphatic carbocycles. The van der Waals surface area contributed by atoms with Crippen LogP contribution in [0.5, 0.6) is 0 Å². The minimum absolute atomic E-state index is 0.120. The number of carbonyl (C=O) groups excluding carboxylic acids is 2. The van der Waals surface area contributed by atoms with Crippen LogP contribution in [-0.4, -0.2) is 55.1 Å². The fraction of sp³-hybridized carbons (Fsp3) is 0.353. The minimum atomic E-state index is -0.380. The molecule has 2 aromatic carbocycles. The SMILES string of the molecule is CCOC(=O)N1Cc2nc(N)nc(Cl)c2C1.CCOC(=O)N1Cc2nc(N)nc(N3Cc4ccccc4C3)c2C1.c1ccc2c(c1)CNC2. The maximum atomic E-state index is 12.0. The van der Waals surface area contributed by atoms with E-state index in [2.05, 4.69) is 66.6 Å². The summed E-state index contributed by atoms with van der Waals surface area (Å²) < 4.78 is 9.99. The third-order valence-corrected chi connectivity index (χ3v) is 8.78. The van der Waals surface area contributed by atoms with Crippen LogP contribution in [0.1, 0.15) is 58.6 Å². The number of nitrogens with two attached hydrogens (primary N) is 2. The van der Waals surface area contributed by atoms with Gasteiger partial charge in [-0.15, -0.1) is 0 Å². The van der Waals surface area contributed by atoms with E-state index in [1.807, 2.05) is 12.1 Å². The number of aromatic nitrogens is 4. The predicted molar refractivity (Wildman–Crippen MR) is 184 cm³/mol. The number of hydrogen-bond donors (Lipinski definition) is 3. The van der Waals surface area contributed by atoms with Gasteiger partial charge in [-0.1, -0.05) is 60.1 Å². The average molecular weight is 687 g/mol. The van der Waals surface area contributed by atoms with Gasteiger partial charge in [0, 0.05) is 37.3 Å². The van der Waals surface area contributed by atoms with E-state index < -0.39 is 0 Å². The molecule has 0 saturated heterocycles. The molecule has 2 amide bonds. The van der Waals surface area contributed by atoms with Gasteiger partial charge in [0.1, 0.15) is 11.0 Å². The molecule has 0 radical (unpaired) electrons. The van der Waals surface area contributed by atoms with Crippen LogP contribution in [0.4, 0.5) is 27.3 Å². The molecule has 0 fully saturated rings. The highest BCUT2D eigenvalue weighted by Gasteiger charge is 2.32. The van der Waals surface area contributed by atoms with E-state index in [1.165, 1.54) is 27.2 Å². The maximum Gasteiger partial charge on any atom is 0.410 e. The van der Waals surface area contributed by atoms with E-state index in [0.717, 1.165) is 48.8 Å². The van der Waals surface area contributed by atoms with E-state index in [9.17, 15) is 9.59 Å². The summed E-state index contributed by atoms with van der Waals surface area (Å²) in [5.74, 6) is 1.18. The number of anilines is 3. The third kappa shape index (κ3) is 7.60. The first-order valence-electron chi connectivity index (χ1n) is 16.1. The Balaban J connectivity index is 0.000000142. The number of nitrogens with one attached hydrogen (secondary N) is 1. The number of amides is 2. The van der Waals surface area contributed by atoms with Gasteiger partial charge < -0.3 is 31.2 Å². The number of nitrogen functional groups attached to an aromatic ring is 2. The van der Waals surface area contributed by atoms with Crippen molar-refractivity contribution in [2.24, 2.45) is 0 Å². The van der Waals surface area contributed by atoms with Crippen molar-refractivity contribution in [1.82, 2.24) is 35.1 Å². The minimum Gasteiger partial charge on any atom is -0.450 e. The summed E-state index contributed by atoms with van der Waals surface area (Å²) in [6.45, 7) is 9.53. The van der Waals surface area contributed by atoms with E-state index in [-0.39, 0.29) is 24.1 Å². The number of rotatable bonds is 3. The van der Waals surface area contributed by atoms with Crippen LogP contribution in [0.2, 0.25) is 5.15 Å². The zero-order valence-electron chi connectivity index (χ0n) is 27.5. The van der Waals surface area contributed by atoms with Gasteiger partial charge in [-0.3, -0.25) is 9.80 Å². The van der Waals surface area contributed by atoms with Gasteiger partial charge in [0.15, 0.2) is 0 Å². The van der Waals surface area contributed by atoms with Gasteiger partial charge in [0.25, 0.3) is 0 Å². The summed E-state index contributed by atoms with van der Waals surface area (Å²) in [5.41, 5.74) is 20.1. The molecule has 0 saturated carbocycles. The zero-order valence-corrected chi connectivity index (χ0v) is 28.2. The van der Waals surface area contributed by atoms with Crippen molar-refractivity contribution in [3.05, 3.63) is 98.5 Å². The Kier molecular flexibility index (Phi) is 10.3. The first-order chi connectivity index (χ1) is 23.7. The Morgan fingerprint density at radius 1 is 0.694 bits per heavy atom. The predicted octanol–water partition coefficient (Wildman–Crippen LogP) is 4.53. The normalized spacial score (nSPS) is 14.9. The lowest BCUT2D eigenvalue weighted by Crippen LogP contribution is -2.26. The second-order valence-corrected chi connectivity index (χ2v) is 12.1. The highest BCUT2D eigenvalue weighted by Crippen LogP contribution is 2.35. The van der Waals surface area contributed by atoms with Gasteiger partial charge in [-0.2, -0.15) is 4.98 Å². The lowest BCUT2D eigenvalue weighted by atomic mass is 10.1. The molecule has 0 atom stereocenters. The number of halogens is 1. The summed E-state index contributed by atoms with van der Waals surface area (Å²) in [6.07, 6.45) is -0.708. The van der Waals surface area contributed by atoms with Crippen molar-refractivity contribution < 1.29 is 19.1 Å². The van der Waals surface area contributed by atoms with Crippen LogP contribution in [0, 0.1) is 0 Å². The number of carbonyl (C=O) groups is 2. The molecule has 256 valence electrons. The second kappa shape index (κ2) is 14.9. The van der Waals surface area contributed by atoms with Gasteiger partial charge in [0.2, 0.25) is 11.9 Å². The lowest BCUT2D eigenvalue weighted by Gasteiger charge is -2.20. The maximum absolute atomic E-state index is 12.0. The molecule has 5 N–H and O–H groups in total. The number of nitrogens with zero attached hydrogens (tertiary/aromatic N) is 7. The first kappa shape index (κ1) is 33.7. The molecular weight excluding hydrogens is 648 g/mol. The van der Waals surface area contributed by atoms with Crippen LogP contribution in [0.15, 0.2) is 48.5 Å². The Morgan fingerprint density at radius 3 is 1.69 bits per heavy atom. The Hall–Kier alpha value is -5.21. The molecule has 0 spiro atoms. The van der Waals surface area contributed by atoms with Gasteiger partial charge in [-0.05, 0) is 36.1 Å². The smallest absolute Gasteiger partial charge is 0.410 e. The Bertz CT molecular complexity index is 1810. The molecule has 4 aliphatic rings. The molecule has 8 rings (SSSR count). The Morgan fingerprint density at radius 2 is 1.16 bits per heavy atom. The van der Waals surface area contributed by atoms with Gasteiger partial charge in [0.05, 0.1) is 50.8 Å². The second-order valence-electron chi connectivity index (χ2n) is 11.7. The summed E-state index contributed by atoms with van der Waals surface area (Å²) in [5, 5.41) is 3.59. The molecule has 6 heterocycles. The molecular formula is C34H39ClN10O4. The molecule has 4 aromatic rings. The molecule has 4 aliphatic heterocycles. The molecule has 0 bridgehead atoms. The molecule has 0 unspecified atom stereocenters. The largest absolute Gasteiger partial charge is 0.450 e. The molecule has 2 aromatic heterocycles. The highest BCUT2D eigenvalue weighted by molar-refractivity contribution is 6.30. The van der Waals surface area contributed by atoms with Crippen molar-refractivity contribution in [2.75, 3.05) is 29.6 Å². The third-order valence-electron chi connectivity index (χ3n) is 8.47. The standard InChI is InChI=1S/C17H19N5O2.C9H11ClN4O2.C8H9N/c1-2-24-17(23)22-9-13-14(10-22)19-16(18)20-15(13)21-7-11-5-3-4-6-12(11)8-21;1-2-16-9(15)14-3-5-6(4-14)12-8(11)13-7(5)10;1-2-4-8-6-9-5-7(8)3-1/h3-6H,2,7-10H2,1H3,(H2,18,19,20);2-4H2,1H3,(H2,11,12,13);1-4,9H,5-6H2. The molecule has 14 nitrogen and oxygen atoms in total. The highest BCUT2D eigenvalue weighted by atomic mass is 35.5. The van der Waals surface area contributed by atoms with E-state index in [0.29, 0.717) is 50.2 Å². The number of ether oxygens (including phenoxy) is 2. The summed E-state index contributed by atoms with van der Waals surface area (Å²) in [4.78, 5) is 45.5. The molecule has 49 heavy (non-hydrogen) atoms. The van der Waals surface area contributed by atoms with Crippen molar-refractivity contribution in [3.63, 3.8) is 0 Å². The fourth-order valence-electron chi connectivity index (χ4n) is 6.16. The molecule has 15 heteroatoms. The Labute approximate surface area is 289 Å². The van der Waals surface area contributed by atoms with Crippen molar-refractivity contribution in [2.45, 2.75) is 66.2 Å². The van der Waals surface area contributed by atoms with E-state index >= 15 is 0 Å². The van der Waals surface area contributed by atoms with E-state index in [4.69, 9.17) is 32.5 Å². The van der Waals surface area contributed by atoms with Crippen LogP contribution in [0.3, 0.4) is 0 Å². The summed E-state index contributed by atoms with van der Waals surface area (Å²) in [7, 11) is 0. The summed E-state index contributed by atoms with van der Waals surface area (Å²) in [6, 6.07) is 16.9. The number of fused-ring (bicyclic) bond motifs is 4. The number of hydrogen-bond acceptors (Lipinski definition) is 12. The monoisotopic (exact) mass is 686 g/mol.